The quantitative estimate of drug-likeness (QED) is 0.537. The molecule has 2 rings (SSSR count). The Kier molecular flexibility index (Phi) is 6.57. The van der Waals surface area contributed by atoms with Gasteiger partial charge in [0.05, 0.1) is 23.8 Å². The standard InChI is InChI=1S/C17H18ClN3O3/c1-2-5-24-16-4-3-12(6-15(16)18)7-17(23)21-14(10-22)8-13-9-19-11-20-13/h2-4,6,9-11,14H,1,5,7-8H2,(H,19,20)(H,21,23)/t14-/m0/s1. The van der Waals surface area contributed by atoms with Crippen LogP contribution < -0.4 is 10.1 Å². The van der Waals surface area contributed by atoms with Crippen LogP contribution in [0.1, 0.15) is 11.3 Å². The summed E-state index contributed by atoms with van der Waals surface area (Å²) in [5.41, 5.74) is 1.51. The van der Waals surface area contributed by atoms with E-state index in [9.17, 15) is 9.59 Å². The molecule has 24 heavy (non-hydrogen) atoms. The number of hydrogen-bond donors (Lipinski definition) is 2. The van der Waals surface area contributed by atoms with Gasteiger partial charge in [-0.25, -0.2) is 4.98 Å². The maximum absolute atomic E-state index is 12.1. The van der Waals surface area contributed by atoms with Crippen LogP contribution in [0.5, 0.6) is 5.75 Å². The average Bonchev–Trinajstić information content (AvgIpc) is 3.06. The SMILES string of the molecule is C=CCOc1ccc(CC(=O)N[C@H](C=O)Cc2cnc[nH]2)cc1Cl. The number of ether oxygens (including phenoxy) is 1. The largest absolute Gasteiger partial charge is 0.488 e. The second-order valence-electron chi connectivity index (χ2n) is 5.13. The van der Waals surface area contributed by atoms with Crippen LogP contribution >= 0.6 is 11.6 Å². The number of benzene rings is 1. The Labute approximate surface area is 144 Å². The fourth-order valence-corrected chi connectivity index (χ4v) is 2.39. The van der Waals surface area contributed by atoms with Crippen molar-refractivity contribution in [2.75, 3.05) is 6.61 Å². The van der Waals surface area contributed by atoms with Gasteiger partial charge in [0.25, 0.3) is 0 Å². The van der Waals surface area contributed by atoms with Gasteiger partial charge in [0.2, 0.25) is 5.91 Å². The van der Waals surface area contributed by atoms with Gasteiger partial charge in [-0.3, -0.25) is 4.79 Å². The highest BCUT2D eigenvalue weighted by Gasteiger charge is 2.14. The molecular formula is C17H18ClN3O3. The number of carbonyl (C=O) groups excluding carboxylic acids is 2. The predicted octanol–water partition coefficient (Wildman–Crippen LogP) is 2.10. The summed E-state index contributed by atoms with van der Waals surface area (Å²) >= 11 is 6.12. The lowest BCUT2D eigenvalue weighted by atomic mass is 10.1. The monoisotopic (exact) mass is 347 g/mol. The van der Waals surface area contributed by atoms with E-state index in [2.05, 4.69) is 21.9 Å². The highest BCUT2D eigenvalue weighted by atomic mass is 35.5. The number of nitrogens with zero attached hydrogens (tertiary/aromatic N) is 1. The summed E-state index contributed by atoms with van der Waals surface area (Å²) in [7, 11) is 0. The van der Waals surface area contributed by atoms with Crippen LogP contribution in [0.3, 0.4) is 0 Å². The number of rotatable bonds is 9. The first-order chi connectivity index (χ1) is 11.6. The molecule has 0 unspecified atom stereocenters. The Bertz CT molecular complexity index is 701. The first kappa shape index (κ1) is 17.7. The van der Waals surface area contributed by atoms with Gasteiger partial charge >= 0.3 is 0 Å². The van der Waals surface area contributed by atoms with Gasteiger partial charge in [-0.05, 0) is 17.7 Å². The summed E-state index contributed by atoms with van der Waals surface area (Å²) in [6, 6.07) is 4.53. The molecule has 0 spiro atoms. The van der Waals surface area contributed by atoms with Crippen molar-refractivity contribution in [2.45, 2.75) is 18.9 Å². The molecule has 126 valence electrons. The summed E-state index contributed by atoms with van der Waals surface area (Å²) < 4.78 is 5.38. The van der Waals surface area contributed by atoms with Crippen molar-refractivity contribution in [1.29, 1.82) is 0 Å². The lowest BCUT2D eigenvalue weighted by molar-refractivity contribution is -0.123. The number of aromatic nitrogens is 2. The lowest BCUT2D eigenvalue weighted by Gasteiger charge is -2.12. The number of hydrogen-bond acceptors (Lipinski definition) is 4. The first-order valence-corrected chi connectivity index (χ1v) is 7.74. The minimum Gasteiger partial charge on any atom is -0.488 e. The van der Waals surface area contributed by atoms with E-state index in [0.717, 1.165) is 11.3 Å². The molecule has 0 aliphatic rings. The van der Waals surface area contributed by atoms with E-state index in [1.54, 1.807) is 30.5 Å². The number of halogens is 1. The minimum atomic E-state index is -0.608. The molecule has 6 nitrogen and oxygen atoms in total. The van der Waals surface area contributed by atoms with Crippen molar-refractivity contribution in [3.63, 3.8) is 0 Å². The molecule has 0 bridgehead atoms. The van der Waals surface area contributed by atoms with E-state index in [4.69, 9.17) is 16.3 Å². The van der Waals surface area contributed by atoms with Crippen LogP contribution in [0.4, 0.5) is 0 Å². The van der Waals surface area contributed by atoms with Crippen molar-refractivity contribution < 1.29 is 14.3 Å². The molecule has 2 N–H and O–H groups in total. The van der Waals surface area contributed by atoms with E-state index < -0.39 is 6.04 Å². The Morgan fingerprint density at radius 1 is 1.50 bits per heavy atom. The number of imidazole rings is 1. The normalized spacial score (nSPS) is 11.5. The van der Waals surface area contributed by atoms with Gasteiger partial charge in [0, 0.05) is 18.3 Å². The number of aldehydes is 1. The molecule has 7 heteroatoms. The zero-order valence-corrected chi connectivity index (χ0v) is 13.8. The summed E-state index contributed by atoms with van der Waals surface area (Å²) in [6.07, 6.45) is 5.95. The highest BCUT2D eigenvalue weighted by Crippen LogP contribution is 2.25. The van der Waals surface area contributed by atoms with Gasteiger partial charge in [-0.2, -0.15) is 0 Å². The molecule has 1 aromatic heterocycles. The van der Waals surface area contributed by atoms with Crippen LogP contribution in [0, 0.1) is 0 Å². The van der Waals surface area contributed by atoms with Gasteiger partial charge in [-0.1, -0.05) is 30.3 Å². The zero-order chi connectivity index (χ0) is 17.4. The van der Waals surface area contributed by atoms with E-state index >= 15 is 0 Å². The van der Waals surface area contributed by atoms with E-state index in [1.807, 2.05) is 0 Å². The van der Waals surface area contributed by atoms with Crippen LogP contribution in [0.2, 0.25) is 5.02 Å². The third kappa shape index (κ3) is 5.24. The molecule has 2 aromatic rings. The minimum absolute atomic E-state index is 0.120. The molecule has 1 amide bonds. The zero-order valence-electron chi connectivity index (χ0n) is 13.0. The number of H-pyrrole nitrogens is 1. The highest BCUT2D eigenvalue weighted by molar-refractivity contribution is 6.32. The molecule has 1 heterocycles. The van der Waals surface area contributed by atoms with Gasteiger partial charge in [-0.15, -0.1) is 0 Å². The summed E-state index contributed by atoms with van der Waals surface area (Å²) in [5, 5.41) is 3.10. The molecule has 0 saturated heterocycles. The number of amides is 1. The smallest absolute Gasteiger partial charge is 0.225 e. The Morgan fingerprint density at radius 2 is 2.33 bits per heavy atom. The van der Waals surface area contributed by atoms with Gasteiger partial charge in [0.1, 0.15) is 18.6 Å². The first-order valence-electron chi connectivity index (χ1n) is 7.36. The third-order valence-corrected chi connectivity index (χ3v) is 3.52. The topological polar surface area (TPSA) is 84.1 Å². The van der Waals surface area contributed by atoms with Crippen molar-refractivity contribution in [3.05, 3.63) is 59.7 Å². The fourth-order valence-electron chi connectivity index (χ4n) is 2.13. The maximum atomic E-state index is 12.1. The number of carbonyl (C=O) groups is 2. The molecule has 1 aromatic carbocycles. The third-order valence-electron chi connectivity index (χ3n) is 3.22. The van der Waals surface area contributed by atoms with E-state index in [-0.39, 0.29) is 12.3 Å². The molecule has 1 atom stereocenters. The molecule has 0 aliphatic carbocycles. The molecular weight excluding hydrogens is 330 g/mol. The molecule has 0 aliphatic heterocycles. The molecule has 0 radical (unpaired) electrons. The fraction of sp³-hybridized carbons (Fsp3) is 0.235. The lowest BCUT2D eigenvalue weighted by Crippen LogP contribution is -2.38. The van der Waals surface area contributed by atoms with Crippen LogP contribution in [0.25, 0.3) is 0 Å². The number of aromatic amines is 1. The Hall–Kier alpha value is -2.60. The van der Waals surface area contributed by atoms with Gasteiger partial charge in [0.15, 0.2) is 0 Å². The van der Waals surface area contributed by atoms with E-state index in [0.29, 0.717) is 30.1 Å². The molecule has 0 fully saturated rings. The summed E-state index contributed by atoms with van der Waals surface area (Å²) in [6.45, 7) is 3.92. The van der Waals surface area contributed by atoms with Crippen LogP contribution in [-0.2, 0) is 22.4 Å². The van der Waals surface area contributed by atoms with Gasteiger partial charge < -0.3 is 19.8 Å². The average molecular weight is 348 g/mol. The van der Waals surface area contributed by atoms with E-state index in [1.165, 1.54) is 6.33 Å². The second-order valence-corrected chi connectivity index (χ2v) is 5.54. The maximum Gasteiger partial charge on any atom is 0.225 e. The van der Waals surface area contributed by atoms with Crippen molar-refractivity contribution in [3.8, 4) is 5.75 Å². The van der Waals surface area contributed by atoms with Crippen LogP contribution in [0.15, 0.2) is 43.4 Å². The van der Waals surface area contributed by atoms with Crippen molar-refractivity contribution in [1.82, 2.24) is 15.3 Å². The summed E-state index contributed by atoms with van der Waals surface area (Å²) in [4.78, 5) is 30.0. The van der Waals surface area contributed by atoms with Crippen molar-refractivity contribution in [2.24, 2.45) is 0 Å². The second kappa shape index (κ2) is 8.88. The van der Waals surface area contributed by atoms with Crippen LogP contribution in [-0.4, -0.2) is 34.8 Å². The Balaban J connectivity index is 1.92. The number of nitrogens with one attached hydrogen (secondary N) is 2. The Morgan fingerprint density at radius 3 is 2.96 bits per heavy atom. The summed E-state index contributed by atoms with van der Waals surface area (Å²) in [5.74, 6) is 0.271. The molecule has 0 saturated carbocycles. The predicted molar refractivity (Wildman–Crippen MR) is 91.1 cm³/mol. The van der Waals surface area contributed by atoms with Crippen molar-refractivity contribution >= 4 is 23.8 Å².